The monoisotopic (exact) mass is 353 g/mol. The van der Waals surface area contributed by atoms with Crippen molar-refractivity contribution in [2.24, 2.45) is 0 Å². The van der Waals surface area contributed by atoms with E-state index < -0.39 is 23.5 Å². The molecule has 0 saturated heterocycles. The number of aryl methyl sites for hydroxylation is 1. The van der Waals surface area contributed by atoms with Crippen molar-refractivity contribution in [3.63, 3.8) is 0 Å². The normalized spacial score (nSPS) is 12.0. The molecule has 1 amide bonds. The van der Waals surface area contributed by atoms with Crippen LogP contribution in [0.15, 0.2) is 21.3 Å². The van der Waals surface area contributed by atoms with Gasteiger partial charge in [0.15, 0.2) is 0 Å². The fourth-order valence-corrected chi connectivity index (χ4v) is 2.51. The zero-order chi connectivity index (χ0) is 18.0. The van der Waals surface area contributed by atoms with E-state index in [1.807, 2.05) is 0 Å². The molecule has 24 heavy (non-hydrogen) atoms. The van der Waals surface area contributed by atoms with E-state index in [9.17, 15) is 14.4 Å². The van der Waals surface area contributed by atoms with Crippen LogP contribution in [0.4, 0.5) is 0 Å². The number of fused-ring (bicyclic) bond motifs is 1. The third-order valence-electron chi connectivity index (χ3n) is 3.64. The zero-order valence-corrected chi connectivity index (χ0v) is 14.1. The largest absolute Gasteiger partial charge is 0.495 e. The van der Waals surface area contributed by atoms with Crippen molar-refractivity contribution in [3.05, 3.63) is 38.7 Å². The van der Waals surface area contributed by atoms with E-state index in [-0.39, 0.29) is 12.0 Å². The van der Waals surface area contributed by atoms with Crippen molar-refractivity contribution in [1.82, 2.24) is 5.32 Å². The number of rotatable bonds is 5. The number of hydrogen-bond donors (Lipinski definition) is 2. The van der Waals surface area contributed by atoms with Crippen LogP contribution in [0.25, 0.3) is 11.0 Å². The maximum Gasteiger partial charge on any atom is 0.340 e. The van der Waals surface area contributed by atoms with Crippen molar-refractivity contribution in [1.29, 1.82) is 0 Å². The van der Waals surface area contributed by atoms with Crippen molar-refractivity contribution in [3.8, 4) is 5.75 Å². The number of carbonyl (C=O) groups is 2. The first-order valence-corrected chi connectivity index (χ1v) is 7.44. The topological polar surface area (TPSA) is 106 Å². The summed E-state index contributed by atoms with van der Waals surface area (Å²) >= 11 is 6.09. The molecular weight excluding hydrogens is 338 g/mol. The second kappa shape index (κ2) is 6.92. The van der Waals surface area contributed by atoms with Crippen LogP contribution in [0.3, 0.4) is 0 Å². The van der Waals surface area contributed by atoms with Crippen LogP contribution in [-0.4, -0.2) is 30.1 Å². The van der Waals surface area contributed by atoms with Gasteiger partial charge in [0.05, 0.1) is 24.1 Å². The van der Waals surface area contributed by atoms with E-state index in [0.717, 1.165) is 0 Å². The van der Waals surface area contributed by atoms with Gasteiger partial charge in [0.1, 0.15) is 17.4 Å². The zero-order valence-electron chi connectivity index (χ0n) is 13.3. The van der Waals surface area contributed by atoms with Crippen LogP contribution in [-0.2, 0) is 16.0 Å². The summed E-state index contributed by atoms with van der Waals surface area (Å²) in [5, 5.41) is 12.0. The third kappa shape index (κ3) is 3.51. The number of carbonyl (C=O) groups excluding carboxylic acids is 1. The minimum atomic E-state index is -1.16. The average Bonchev–Trinajstić information content (AvgIpc) is 2.51. The predicted octanol–water partition coefficient (Wildman–Crippen LogP) is 1.90. The summed E-state index contributed by atoms with van der Waals surface area (Å²) in [6.45, 7) is 3.01. The molecule has 1 heterocycles. The number of amides is 1. The van der Waals surface area contributed by atoms with Crippen LogP contribution in [0.2, 0.25) is 5.02 Å². The Hall–Kier alpha value is -2.54. The maximum absolute atomic E-state index is 12.2. The van der Waals surface area contributed by atoms with Gasteiger partial charge in [-0.3, -0.25) is 9.59 Å². The number of methoxy groups -OCH3 is 1. The van der Waals surface area contributed by atoms with Gasteiger partial charge >= 0.3 is 11.6 Å². The summed E-state index contributed by atoms with van der Waals surface area (Å²) in [7, 11) is 1.44. The Morgan fingerprint density at radius 1 is 1.42 bits per heavy atom. The molecule has 8 heteroatoms. The third-order valence-corrected chi connectivity index (χ3v) is 3.94. The van der Waals surface area contributed by atoms with Gasteiger partial charge in [0.2, 0.25) is 5.91 Å². The Balaban J connectivity index is 2.43. The lowest BCUT2D eigenvalue weighted by Crippen LogP contribution is -2.39. The van der Waals surface area contributed by atoms with Crippen molar-refractivity contribution >= 4 is 34.4 Å². The fraction of sp³-hybridized carbons (Fsp3) is 0.312. The number of hydrogen-bond acceptors (Lipinski definition) is 5. The van der Waals surface area contributed by atoms with Gasteiger partial charge in [-0.15, -0.1) is 0 Å². The number of ether oxygens (including phenoxy) is 1. The molecule has 1 atom stereocenters. The van der Waals surface area contributed by atoms with Gasteiger partial charge in [0, 0.05) is 11.5 Å². The van der Waals surface area contributed by atoms with Gasteiger partial charge < -0.3 is 19.6 Å². The van der Waals surface area contributed by atoms with E-state index in [1.54, 1.807) is 13.0 Å². The molecule has 128 valence electrons. The van der Waals surface area contributed by atoms with Crippen LogP contribution >= 0.6 is 11.6 Å². The number of aliphatic carboxylic acids is 1. The number of halogens is 1. The molecule has 0 aliphatic carbocycles. The van der Waals surface area contributed by atoms with Crippen molar-refractivity contribution < 1.29 is 23.8 Å². The summed E-state index contributed by atoms with van der Waals surface area (Å²) in [6, 6.07) is 2.04. The lowest BCUT2D eigenvalue weighted by Gasteiger charge is -2.12. The minimum absolute atomic E-state index is 0.152. The summed E-state index contributed by atoms with van der Waals surface area (Å²) < 4.78 is 10.3. The number of carboxylic acids is 1. The summed E-state index contributed by atoms with van der Waals surface area (Å²) in [5.74, 6) is -1.38. The molecule has 0 bridgehead atoms. The Morgan fingerprint density at radius 2 is 2.08 bits per heavy atom. The predicted molar refractivity (Wildman–Crippen MR) is 87.7 cm³/mol. The van der Waals surface area contributed by atoms with Crippen molar-refractivity contribution in [2.75, 3.05) is 7.11 Å². The average molecular weight is 354 g/mol. The second-order valence-corrected chi connectivity index (χ2v) is 5.69. The smallest absolute Gasteiger partial charge is 0.340 e. The first-order chi connectivity index (χ1) is 11.2. The lowest BCUT2D eigenvalue weighted by atomic mass is 10.0. The first-order valence-electron chi connectivity index (χ1n) is 7.06. The van der Waals surface area contributed by atoms with E-state index in [2.05, 4.69) is 5.32 Å². The van der Waals surface area contributed by atoms with E-state index in [1.165, 1.54) is 20.1 Å². The molecule has 0 saturated carbocycles. The molecule has 2 rings (SSSR count). The van der Waals surface area contributed by atoms with Gasteiger partial charge in [-0.05, 0) is 25.5 Å². The Bertz CT molecular complexity index is 873. The van der Waals surface area contributed by atoms with Crippen LogP contribution in [0, 0.1) is 6.92 Å². The summed E-state index contributed by atoms with van der Waals surface area (Å²) in [6.07, 6.45) is -0.286. The molecular formula is C16H16ClNO6. The van der Waals surface area contributed by atoms with Crippen molar-refractivity contribution in [2.45, 2.75) is 26.3 Å². The van der Waals surface area contributed by atoms with E-state index >= 15 is 0 Å². The highest BCUT2D eigenvalue weighted by Gasteiger charge is 2.19. The Kier molecular flexibility index (Phi) is 5.14. The quantitative estimate of drug-likeness (QED) is 0.795. The highest BCUT2D eigenvalue weighted by molar-refractivity contribution is 6.32. The van der Waals surface area contributed by atoms with E-state index in [4.69, 9.17) is 25.9 Å². The number of carboxylic acid groups (broad SMARTS) is 1. The first kappa shape index (κ1) is 17.8. The highest BCUT2D eigenvalue weighted by Crippen LogP contribution is 2.31. The summed E-state index contributed by atoms with van der Waals surface area (Å²) in [4.78, 5) is 34.9. The van der Waals surface area contributed by atoms with Gasteiger partial charge in [0.25, 0.3) is 0 Å². The van der Waals surface area contributed by atoms with Crippen LogP contribution in [0.5, 0.6) is 5.75 Å². The molecule has 0 spiro atoms. The number of nitrogens with one attached hydrogen (secondary N) is 1. The molecule has 0 aliphatic rings. The Labute approximate surface area is 142 Å². The maximum atomic E-state index is 12.2. The Morgan fingerprint density at radius 3 is 2.67 bits per heavy atom. The lowest BCUT2D eigenvalue weighted by molar-refractivity contribution is -0.141. The minimum Gasteiger partial charge on any atom is -0.495 e. The van der Waals surface area contributed by atoms with Gasteiger partial charge in [-0.25, -0.2) is 4.79 Å². The van der Waals surface area contributed by atoms with Gasteiger partial charge in [-0.1, -0.05) is 11.6 Å². The van der Waals surface area contributed by atoms with Crippen LogP contribution < -0.4 is 15.7 Å². The van der Waals surface area contributed by atoms with Gasteiger partial charge in [-0.2, -0.15) is 0 Å². The summed E-state index contributed by atoms with van der Waals surface area (Å²) in [5.41, 5.74) is 0.326. The fourth-order valence-electron chi connectivity index (χ4n) is 2.27. The SMILES string of the molecule is COc1cc2oc(=O)c(CC(=O)N[C@@H](C)C(=O)O)c(C)c2cc1Cl. The molecule has 0 radical (unpaired) electrons. The molecule has 2 aromatic rings. The standard InChI is InChI=1S/C16H16ClNO6/c1-7-9-4-11(17)13(23-3)6-12(9)24-16(22)10(7)5-14(19)18-8(2)15(20)21/h4,6,8H,5H2,1-3H3,(H,18,19)(H,20,21)/t8-/m0/s1. The molecule has 0 aliphatic heterocycles. The highest BCUT2D eigenvalue weighted by atomic mass is 35.5. The molecule has 1 aromatic heterocycles. The second-order valence-electron chi connectivity index (χ2n) is 5.28. The van der Waals surface area contributed by atoms with E-state index in [0.29, 0.717) is 27.3 Å². The molecule has 0 fully saturated rings. The molecule has 2 N–H and O–H groups in total. The molecule has 1 aromatic carbocycles. The molecule has 7 nitrogen and oxygen atoms in total. The van der Waals surface area contributed by atoms with Crippen LogP contribution in [0.1, 0.15) is 18.1 Å². The molecule has 0 unspecified atom stereocenters. The number of benzene rings is 1.